The van der Waals surface area contributed by atoms with E-state index in [1.165, 1.54) is 24.1 Å². The monoisotopic (exact) mass is 282 g/mol. The molecule has 0 saturated carbocycles. The van der Waals surface area contributed by atoms with Crippen molar-refractivity contribution in [2.75, 3.05) is 20.2 Å². The fourth-order valence-electron chi connectivity index (χ4n) is 2.16. The molecule has 6 nitrogen and oxygen atoms in total. The SMILES string of the molecule is COc1cc(C(=O)N2CCC(N)(C(=O)O)C2)ccc1F. The first-order chi connectivity index (χ1) is 9.37. The van der Waals surface area contributed by atoms with Crippen molar-refractivity contribution in [3.63, 3.8) is 0 Å². The van der Waals surface area contributed by atoms with Crippen molar-refractivity contribution in [2.24, 2.45) is 5.73 Å². The summed E-state index contributed by atoms with van der Waals surface area (Å²) >= 11 is 0. The summed E-state index contributed by atoms with van der Waals surface area (Å²) in [6.45, 7) is 0.183. The number of methoxy groups -OCH3 is 1. The summed E-state index contributed by atoms with van der Waals surface area (Å²) in [5.74, 6) is -2.13. The Hall–Kier alpha value is -2.15. The fraction of sp³-hybridized carbons (Fsp3) is 0.385. The van der Waals surface area contributed by atoms with Crippen molar-refractivity contribution in [3.05, 3.63) is 29.6 Å². The Kier molecular flexibility index (Phi) is 3.63. The lowest BCUT2D eigenvalue weighted by Crippen LogP contribution is -2.50. The number of benzene rings is 1. The number of carboxylic acids is 1. The Morgan fingerprint density at radius 2 is 2.20 bits per heavy atom. The molecular weight excluding hydrogens is 267 g/mol. The summed E-state index contributed by atoms with van der Waals surface area (Å²) in [4.78, 5) is 24.6. The number of carboxylic acid groups (broad SMARTS) is 1. The van der Waals surface area contributed by atoms with Crippen LogP contribution in [0.5, 0.6) is 5.75 Å². The molecule has 1 saturated heterocycles. The zero-order valence-electron chi connectivity index (χ0n) is 10.9. The van der Waals surface area contributed by atoms with Gasteiger partial charge in [0.15, 0.2) is 11.6 Å². The number of nitrogens with zero attached hydrogens (tertiary/aromatic N) is 1. The zero-order valence-corrected chi connectivity index (χ0v) is 10.9. The first-order valence-corrected chi connectivity index (χ1v) is 6.02. The van der Waals surface area contributed by atoms with E-state index >= 15 is 0 Å². The van der Waals surface area contributed by atoms with Crippen LogP contribution in [0.1, 0.15) is 16.8 Å². The molecule has 7 heteroatoms. The van der Waals surface area contributed by atoms with Crippen LogP contribution < -0.4 is 10.5 Å². The van der Waals surface area contributed by atoms with Crippen LogP contribution in [0, 0.1) is 5.82 Å². The van der Waals surface area contributed by atoms with Gasteiger partial charge >= 0.3 is 5.97 Å². The summed E-state index contributed by atoms with van der Waals surface area (Å²) in [6.07, 6.45) is 0.187. The normalized spacial score (nSPS) is 21.9. The van der Waals surface area contributed by atoms with Crippen LogP contribution in [0.25, 0.3) is 0 Å². The van der Waals surface area contributed by atoms with Gasteiger partial charge in [-0.3, -0.25) is 9.59 Å². The van der Waals surface area contributed by atoms with Gasteiger partial charge < -0.3 is 20.5 Å². The summed E-state index contributed by atoms with van der Waals surface area (Å²) in [6, 6.07) is 3.75. The number of rotatable bonds is 3. The lowest BCUT2D eigenvalue weighted by molar-refractivity contribution is -0.142. The lowest BCUT2D eigenvalue weighted by atomic mass is 10.0. The van der Waals surface area contributed by atoms with Gasteiger partial charge in [-0.25, -0.2) is 4.39 Å². The molecule has 0 aromatic heterocycles. The maximum Gasteiger partial charge on any atom is 0.325 e. The van der Waals surface area contributed by atoms with Gasteiger partial charge in [0.25, 0.3) is 5.91 Å². The molecule has 0 radical (unpaired) electrons. The van der Waals surface area contributed by atoms with Gasteiger partial charge in [-0.05, 0) is 24.6 Å². The number of halogens is 1. The number of ether oxygens (including phenoxy) is 1. The molecule has 108 valence electrons. The Morgan fingerprint density at radius 1 is 1.50 bits per heavy atom. The second kappa shape index (κ2) is 5.09. The van der Waals surface area contributed by atoms with Crippen molar-refractivity contribution >= 4 is 11.9 Å². The highest BCUT2D eigenvalue weighted by Gasteiger charge is 2.43. The molecule has 1 amide bonds. The number of aliphatic carboxylic acids is 1. The minimum atomic E-state index is -1.42. The predicted molar refractivity (Wildman–Crippen MR) is 68.0 cm³/mol. The van der Waals surface area contributed by atoms with Gasteiger partial charge in [0.05, 0.1) is 7.11 Å². The van der Waals surface area contributed by atoms with Crippen LogP contribution in [0.4, 0.5) is 4.39 Å². The topological polar surface area (TPSA) is 92.9 Å². The van der Waals surface area contributed by atoms with E-state index in [0.717, 1.165) is 6.07 Å². The third kappa shape index (κ3) is 2.44. The van der Waals surface area contributed by atoms with E-state index in [2.05, 4.69) is 0 Å². The molecule has 2 rings (SSSR count). The van der Waals surface area contributed by atoms with E-state index in [1.807, 2.05) is 0 Å². The highest BCUT2D eigenvalue weighted by molar-refractivity contribution is 5.95. The molecule has 1 aliphatic rings. The predicted octanol–water partition coefficient (Wildman–Crippen LogP) is 0.462. The van der Waals surface area contributed by atoms with Gasteiger partial charge in [-0.1, -0.05) is 0 Å². The Labute approximate surface area is 114 Å². The number of likely N-dealkylation sites (tertiary alicyclic amines) is 1. The van der Waals surface area contributed by atoms with Crippen molar-refractivity contribution < 1.29 is 23.8 Å². The lowest BCUT2D eigenvalue weighted by Gasteiger charge is -2.20. The van der Waals surface area contributed by atoms with Crippen molar-refractivity contribution in [2.45, 2.75) is 12.0 Å². The smallest absolute Gasteiger partial charge is 0.325 e. The summed E-state index contributed by atoms with van der Waals surface area (Å²) in [7, 11) is 1.30. The van der Waals surface area contributed by atoms with Crippen LogP contribution in [-0.4, -0.2) is 47.6 Å². The number of amides is 1. The fourth-order valence-corrected chi connectivity index (χ4v) is 2.16. The number of hydrogen-bond acceptors (Lipinski definition) is 4. The molecule has 0 bridgehead atoms. The van der Waals surface area contributed by atoms with E-state index in [9.17, 15) is 14.0 Å². The van der Waals surface area contributed by atoms with Crippen LogP contribution in [0.15, 0.2) is 18.2 Å². The molecule has 1 aromatic rings. The van der Waals surface area contributed by atoms with Gasteiger partial charge in [0.1, 0.15) is 5.54 Å². The van der Waals surface area contributed by atoms with Crippen LogP contribution in [-0.2, 0) is 4.79 Å². The minimum Gasteiger partial charge on any atom is -0.494 e. The molecule has 1 aromatic carbocycles. The van der Waals surface area contributed by atoms with Crippen molar-refractivity contribution in [3.8, 4) is 5.75 Å². The second-order valence-electron chi connectivity index (χ2n) is 4.79. The molecule has 1 atom stereocenters. The summed E-state index contributed by atoms with van der Waals surface area (Å²) in [5, 5.41) is 9.03. The number of nitrogens with two attached hydrogens (primary N) is 1. The standard InChI is InChI=1S/C13H15FN2O4/c1-20-10-6-8(2-3-9(10)14)11(17)16-5-4-13(15,7-16)12(18)19/h2-3,6H,4-5,7,15H2,1H3,(H,18,19). The number of carbonyl (C=O) groups excluding carboxylic acids is 1. The summed E-state index contributed by atoms with van der Waals surface area (Å²) < 4.78 is 18.1. The molecule has 1 aliphatic heterocycles. The molecule has 1 heterocycles. The van der Waals surface area contributed by atoms with Gasteiger partial charge in [-0.2, -0.15) is 0 Å². The van der Waals surface area contributed by atoms with Gasteiger partial charge in [-0.15, -0.1) is 0 Å². The second-order valence-corrected chi connectivity index (χ2v) is 4.79. The Bertz CT molecular complexity index is 563. The number of hydrogen-bond donors (Lipinski definition) is 2. The first-order valence-electron chi connectivity index (χ1n) is 6.02. The van der Waals surface area contributed by atoms with Crippen molar-refractivity contribution in [1.29, 1.82) is 0 Å². The maximum absolute atomic E-state index is 13.3. The maximum atomic E-state index is 13.3. The molecular formula is C13H15FN2O4. The van der Waals surface area contributed by atoms with E-state index in [4.69, 9.17) is 15.6 Å². The minimum absolute atomic E-state index is 0.0349. The van der Waals surface area contributed by atoms with Crippen LogP contribution in [0.2, 0.25) is 0 Å². The number of carbonyl (C=O) groups is 2. The van der Waals surface area contributed by atoms with Crippen LogP contribution in [0.3, 0.4) is 0 Å². The largest absolute Gasteiger partial charge is 0.494 e. The molecule has 1 unspecified atom stereocenters. The van der Waals surface area contributed by atoms with Gasteiger partial charge in [0.2, 0.25) is 0 Å². The molecule has 20 heavy (non-hydrogen) atoms. The van der Waals surface area contributed by atoms with E-state index < -0.39 is 23.2 Å². The van der Waals surface area contributed by atoms with Gasteiger partial charge in [0, 0.05) is 18.7 Å². The van der Waals surface area contributed by atoms with Crippen molar-refractivity contribution in [1.82, 2.24) is 4.90 Å². The Balaban J connectivity index is 2.19. The third-order valence-corrected chi connectivity index (χ3v) is 3.41. The van der Waals surface area contributed by atoms with E-state index in [1.54, 1.807) is 0 Å². The Morgan fingerprint density at radius 3 is 2.75 bits per heavy atom. The van der Waals surface area contributed by atoms with Crippen LogP contribution >= 0.6 is 0 Å². The molecule has 1 fully saturated rings. The quantitative estimate of drug-likeness (QED) is 0.840. The molecule has 3 N–H and O–H groups in total. The molecule has 0 spiro atoms. The summed E-state index contributed by atoms with van der Waals surface area (Å²) in [5.41, 5.74) is 4.53. The van der Waals surface area contributed by atoms with E-state index in [-0.39, 0.29) is 30.8 Å². The van der Waals surface area contributed by atoms with E-state index in [0.29, 0.717) is 0 Å². The highest BCUT2D eigenvalue weighted by atomic mass is 19.1. The average Bonchev–Trinajstić information content (AvgIpc) is 2.82. The molecule has 0 aliphatic carbocycles. The highest BCUT2D eigenvalue weighted by Crippen LogP contribution is 2.24. The zero-order chi connectivity index (χ0) is 14.9. The first kappa shape index (κ1) is 14.3. The third-order valence-electron chi connectivity index (χ3n) is 3.41. The average molecular weight is 282 g/mol.